The van der Waals surface area contributed by atoms with E-state index in [1.54, 1.807) is 41.4 Å². The molecule has 8 aromatic rings. The number of alkyl halides is 8. The number of thioether (sulfide) groups is 2. The number of benzene rings is 2. The van der Waals surface area contributed by atoms with E-state index in [1.165, 1.54) is 47.6 Å². The fourth-order valence-corrected chi connectivity index (χ4v) is 13.0. The highest BCUT2D eigenvalue weighted by Crippen LogP contribution is 2.34. The van der Waals surface area contributed by atoms with Crippen LogP contribution in [0.3, 0.4) is 0 Å². The molecule has 0 bridgehead atoms. The van der Waals surface area contributed by atoms with Crippen molar-refractivity contribution in [3.8, 4) is 11.5 Å². The topological polar surface area (TPSA) is 272 Å². The Balaban J connectivity index is 0.000000242. The number of thiazole rings is 2. The van der Waals surface area contributed by atoms with Gasteiger partial charge in [-0.3, -0.25) is 37.6 Å². The molecular weight excluding hydrogens is 1300 g/mol. The molecule has 0 fully saturated rings. The summed E-state index contributed by atoms with van der Waals surface area (Å²) in [5, 5.41) is 10.0. The molecule has 0 aliphatic rings. The predicted octanol–water partition coefficient (Wildman–Crippen LogP) is 12.2. The van der Waals surface area contributed by atoms with Crippen LogP contribution in [0.4, 0.5) is 35.1 Å². The van der Waals surface area contributed by atoms with Crippen molar-refractivity contribution in [2.24, 2.45) is 0 Å². The first-order chi connectivity index (χ1) is 39.2. The van der Waals surface area contributed by atoms with Gasteiger partial charge in [-0.25, -0.2) is 29.9 Å². The first-order valence-electron chi connectivity index (χ1n) is 23.8. The van der Waals surface area contributed by atoms with Crippen molar-refractivity contribution in [3.63, 3.8) is 0 Å². The zero-order chi connectivity index (χ0) is 62.5. The van der Waals surface area contributed by atoms with Gasteiger partial charge in [0.15, 0.2) is 20.6 Å². The van der Waals surface area contributed by atoms with Crippen molar-refractivity contribution in [3.05, 3.63) is 178 Å². The van der Waals surface area contributed by atoms with Gasteiger partial charge >= 0.3 is 0 Å². The second-order valence-electron chi connectivity index (χ2n) is 17.4. The second-order valence-corrected chi connectivity index (χ2v) is 24.8. The molecule has 6 heterocycles. The number of halogens is 10. The Hall–Kier alpha value is -6.16. The number of phenolic OH excluding ortho intramolecular Hbond substituents is 1. The Labute approximate surface area is 510 Å². The molecule has 0 amide bonds. The number of rotatable bonds is 18. The van der Waals surface area contributed by atoms with Crippen LogP contribution in [-0.4, -0.2) is 70.5 Å². The fourth-order valence-electron chi connectivity index (χ4n) is 6.38. The Morgan fingerprint density at radius 2 is 1.01 bits per heavy atom. The minimum Gasteiger partial charge on any atom is -0.508 e. The van der Waals surface area contributed by atoms with Gasteiger partial charge in [0.1, 0.15) is 34.3 Å². The largest absolute Gasteiger partial charge is 0.508 e. The molecular formula is C51H52Cl2F8N10O8S6. The van der Waals surface area contributed by atoms with Gasteiger partial charge in [0.25, 0.3) is 45.9 Å². The van der Waals surface area contributed by atoms with E-state index in [0.29, 0.717) is 72.0 Å². The van der Waals surface area contributed by atoms with E-state index in [-0.39, 0.29) is 51.1 Å². The summed E-state index contributed by atoms with van der Waals surface area (Å²) >= 11 is 17.0. The number of nitrogens with one attached hydrogen (secondary N) is 4. The summed E-state index contributed by atoms with van der Waals surface area (Å²) in [6.07, 6.45) is 0.688. The van der Waals surface area contributed by atoms with Gasteiger partial charge in [-0.15, -0.1) is 22.7 Å². The molecule has 460 valence electrons. The molecule has 34 heteroatoms. The van der Waals surface area contributed by atoms with E-state index in [4.69, 9.17) is 27.9 Å². The van der Waals surface area contributed by atoms with Gasteiger partial charge in [0.05, 0.1) is 62.6 Å². The quantitative estimate of drug-likeness (QED) is 0.0303. The number of H-pyrrole nitrogens is 4. The molecule has 5 N–H and O–H groups in total. The Bertz CT molecular complexity index is 3850. The summed E-state index contributed by atoms with van der Waals surface area (Å²) in [5.41, 5.74) is 0.632. The highest BCUT2D eigenvalue weighted by atomic mass is 35.5. The highest BCUT2D eigenvalue weighted by Gasteiger charge is 2.31. The van der Waals surface area contributed by atoms with E-state index in [9.17, 15) is 67.8 Å². The van der Waals surface area contributed by atoms with E-state index < -0.39 is 90.3 Å². The third kappa shape index (κ3) is 21.6. The molecule has 8 rings (SSSR count). The highest BCUT2D eigenvalue weighted by molar-refractivity contribution is 7.98. The summed E-state index contributed by atoms with van der Waals surface area (Å²) < 4.78 is 136. The maximum absolute atomic E-state index is 13.3. The van der Waals surface area contributed by atoms with E-state index in [0.717, 1.165) is 52.0 Å². The normalized spacial score (nSPS) is 12.3. The maximum Gasteiger partial charge on any atom is 0.287 e. The maximum atomic E-state index is 13.3. The first kappa shape index (κ1) is 71.3. The van der Waals surface area contributed by atoms with E-state index in [2.05, 4.69) is 49.8 Å². The number of aromatic hydroxyl groups is 1. The molecule has 2 unspecified atom stereocenters. The average molecular weight is 1350 g/mol. The third-order valence-electron chi connectivity index (χ3n) is 10.6. The van der Waals surface area contributed by atoms with Crippen molar-refractivity contribution >= 4 is 91.0 Å². The summed E-state index contributed by atoms with van der Waals surface area (Å²) in [4.78, 5) is 79.7. The van der Waals surface area contributed by atoms with Crippen LogP contribution in [0.1, 0.15) is 97.1 Å². The summed E-state index contributed by atoms with van der Waals surface area (Å²) in [6, 6.07) is 12.5. The lowest BCUT2D eigenvalue weighted by molar-refractivity contribution is 0.0111. The lowest BCUT2D eigenvalue weighted by Crippen LogP contribution is -2.20. The van der Waals surface area contributed by atoms with Crippen LogP contribution in [0, 0.1) is 6.92 Å². The lowest BCUT2D eigenvalue weighted by Gasteiger charge is -2.12. The molecule has 18 nitrogen and oxygen atoms in total. The minimum atomic E-state index is -3.31. The molecule has 0 radical (unpaired) electrons. The third-order valence-corrected chi connectivity index (χ3v) is 17.7. The molecule has 0 saturated heterocycles. The van der Waals surface area contributed by atoms with Crippen LogP contribution in [0.5, 0.6) is 11.5 Å². The molecule has 6 aromatic heterocycles. The summed E-state index contributed by atoms with van der Waals surface area (Å²) in [5.74, 6) is -11.8. The number of aromatic nitrogens is 10. The van der Waals surface area contributed by atoms with Crippen LogP contribution in [-0.2, 0) is 74.7 Å². The van der Waals surface area contributed by atoms with Gasteiger partial charge < -0.3 is 19.8 Å². The fraction of sp³-hybridized carbons (Fsp3) is 0.333. The Morgan fingerprint density at radius 1 is 0.600 bits per heavy atom. The van der Waals surface area contributed by atoms with Crippen LogP contribution in [0.15, 0.2) is 111 Å². The number of aromatic amines is 4. The smallest absolute Gasteiger partial charge is 0.287 e. The molecule has 2 atom stereocenters. The summed E-state index contributed by atoms with van der Waals surface area (Å²) in [6.45, 7) is 6.43. The zero-order valence-corrected chi connectivity index (χ0v) is 51.1. The number of phenols is 1. The lowest BCUT2D eigenvalue weighted by atomic mass is 10.2. The van der Waals surface area contributed by atoms with Crippen LogP contribution < -0.4 is 27.0 Å². The van der Waals surface area contributed by atoms with E-state index in [1.807, 2.05) is 13.8 Å². The zero-order valence-electron chi connectivity index (χ0n) is 44.7. The van der Waals surface area contributed by atoms with Crippen LogP contribution in [0.25, 0.3) is 0 Å². The predicted molar refractivity (Wildman–Crippen MR) is 313 cm³/mol. The minimum absolute atomic E-state index is 0. The van der Waals surface area contributed by atoms with Crippen LogP contribution >= 0.6 is 69.4 Å². The van der Waals surface area contributed by atoms with Crippen molar-refractivity contribution in [2.75, 3.05) is 7.11 Å². The van der Waals surface area contributed by atoms with Gasteiger partial charge in [0, 0.05) is 94.4 Å². The Kier molecular flexibility index (Phi) is 26.0. The van der Waals surface area contributed by atoms with Crippen molar-refractivity contribution in [1.29, 1.82) is 0 Å². The first-order valence-corrected chi connectivity index (χ1v) is 30.9. The number of aryl methyl sites for hydroxylation is 2. The average Bonchev–Trinajstić information content (AvgIpc) is 4.04. The van der Waals surface area contributed by atoms with Crippen molar-refractivity contribution in [1.82, 2.24) is 49.8 Å². The molecule has 2 aromatic carbocycles. The molecule has 85 heavy (non-hydrogen) atoms. The molecule has 0 saturated carbocycles. The van der Waals surface area contributed by atoms with Gasteiger partial charge in [-0.1, -0.05) is 73.2 Å². The molecule has 0 aliphatic carbocycles. The number of hydrogen-bond acceptors (Lipinski definition) is 18. The monoisotopic (exact) mass is 1350 g/mol. The number of nitrogens with zero attached hydrogens (tertiary/aromatic N) is 6. The second kappa shape index (κ2) is 31.0. The van der Waals surface area contributed by atoms with Crippen LogP contribution in [0.2, 0.25) is 10.0 Å². The number of hydrogen-bond donors (Lipinski definition) is 5. The molecule has 0 aliphatic heterocycles. The number of ether oxygens (including phenoxy) is 1. The standard InChI is InChI=1S/C14H13ClF2N2O3S.C13H11ClF2N2O2S.C12H13F2N3O2S2.C11H11F2N3OS2.CH4/c1-14(16,17)11-6-12(20)19-13(18-11)23(21)7-8-9(15)4-3-5-10(8)22-2;1-13(15,16)10-5-11(20)18-12(17-10)21-6-7-8(14)3-2-4-9(7)19;1-3-7-8(20-6-15-7)5-21(19)11-16-9(12(2,13)14)4-10(18)17-11;1-6-7(19-5-14-6)4-18-10-15-8(11(2,12)13)3-9(17)16-10;/h3-6H,7H2,1-2H3,(H,18,19,20);2-5,19H,6H2,1H3,(H,17,18,20);4,6H,3,5H2,1-2H3,(H,16,17,18);3,5H,4H2,1-2H3,(H,15,16,17);1H4. The van der Waals surface area contributed by atoms with Gasteiger partial charge in [0.2, 0.25) is 0 Å². The number of methoxy groups -OCH3 is 1. The SMILES string of the molecule is C.CC(F)(F)c1cc(=O)[nH]c(SCc2c(O)cccc2Cl)n1.CCc1ncsc1CS(=O)c1nc(C(C)(F)F)cc(=O)[nH]1.COc1cccc(Cl)c1CS(=O)c1nc(C(C)(F)F)cc(=O)[nH]1.Cc1ncsc1CSc1nc(C(C)(F)F)cc(=O)[nH]1. The van der Waals surface area contributed by atoms with E-state index >= 15 is 0 Å². The van der Waals surface area contributed by atoms with Crippen molar-refractivity contribution < 1.29 is 53.4 Å². The summed E-state index contributed by atoms with van der Waals surface area (Å²) in [7, 11) is -2.16. The van der Waals surface area contributed by atoms with Crippen molar-refractivity contribution in [2.45, 2.75) is 123 Å². The van der Waals surface area contributed by atoms with Gasteiger partial charge in [-0.2, -0.15) is 35.1 Å². The van der Waals surface area contributed by atoms with Gasteiger partial charge in [-0.05, 0) is 37.6 Å². The Morgan fingerprint density at radius 3 is 1.45 bits per heavy atom. The molecule has 0 spiro atoms.